The van der Waals surface area contributed by atoms with Gasteiger partial charge in [0.1, 0.15) is 11.5 Å². The molecule has 118 valence electrons. The predicted molar refractivity (Wildman–Crippen MR) is 83.4 cm³/mol. The van der Waals surface area contributed by atoms with Gasteiger partial charge in [-0.3, -0.25) is 14.9 Å². The van der Waals surface area contributed by atoms with E-state index in [9.17, 15) is 9.59 Å². The monoisotopic (exact) mass is 341 g/mol. The molecule has 0 radical (unpaired) electrons. The van der Waals surface area contributed by atoms with Crippen LogP contribution in [-0.4, -0.2) is 34.4 Å². The SMILES string of the molecule is CCOC(=O)CSc1nnc(NC(=O)c2cc(C)oc2C)s1. The first-order valence-corrected chi connectivity index (χ1v) is 8.30. The number of aryl methyl sites for hydroxylation is 2. The van der Waals surface area contributed by atoms with Crippen LogP contribution in [-0.2, 0) is 9.53 Å². The summed E-state index contributed by atoms with van der Waals surface area (Å²) in [5.41, 5.74) is 0.466. The first-order chi connectivity index (χ1) is 10.5. The van der Waals surface area contributed by atoms with E-state index in [1.165, 1.54) is 23.1 Å². The van der Waals surface area contributed by atoms with Gasteiger partial charge in [-0.1, -0.05) is 23.1 Å². The van der Waals surface area contributed by atoms with Gasteiger partial charge in [0, 0.05) is 0 Å². The summed E-state index contributed by atoms with van der Waals surface area (Å²) < 4.78 is 10.7. The van der Waals surface area contributed by atoms with Crippen molar-refractivity contribution in [3.05, 3.63) is 23.2 Å². The van der Waals surface area contributed by atoms with Crippen molar-refractivity contribution in [2.45, 2.75) is 25.1 Å². The molecule has 0 bridgehead atoms. The lowest BCUT2D eigenvalue weighted by Gasteiger charge is -1.99. The van der Waals surface area contributed by atoms with Crippen LogP contribution < -0.4 is 5.32 Å². The van der Waals surface area contributed by atoms with E-state index >= 15 is 0 Å². The largest absolute Gasteiger partial charge is 0.466 e. The fraction of sp³-hybridized carbons (Fsp3) is 0.385. The molecule has 9 heteroatoms. The zero-order chi connectivity index (χ0) is 16.1. The smallest absolute Gasteiger partial charge is 0.316 e. The first kappa shape index (κ1) is 16.5. The van der Waals surface area contributed by atoms with Crippen molar-refractivity contribution in [1.29, 1.82) is 0 Å². The van der Waals surface area contributed by atoms with E-state index in [1.54, 1.807) is 26.8 Å². The molecular weight excluding hydrogens is 326 g/mol. The van der Waals surface area contributed by atoms with Gasteiger partial charge in [-0.05, 0) is 26.8 Å². The van der Waals surface area contributed by atoms with E-state index in [4.69, 9.17) is 9.15 Å². The molecule has 2 aromatic heterocycles. The van der Waals surface area contributed by atoms with Crippen LogP contribution in [0.25, 0.3) is 0 Å². The average Bonchev–Trinajstić information content (AvgIpc) is 3.03. The van der Waals surface area contributed by atoms with Gasteiger partial charge in [0.25, 0.3) is 5.91 Å². The summed E-state index contributed by atoms with van der Waals surface area (Å²) in [6.07, 6.45) is 0. The minimum atomic E-state index is -0.308. The second-order valence-corrected chi connectivity index (χ2v) is 6.45. The summed E-state index contributed by atoms with van der Waals surface area (Å²) in [6.45, 7) is 5.60. The van der Waals surface area contributed by atoms with Crippen LogP contribution in [0.2, 0.25) is 0 Å². The minimum Gasteiger partial charge on any atom is -0.466 e. The highest BCUT2D eigenvalue weighted by atomic mass is 32.2. The van der Waals surface area contributed by atoms with Crippen molar-refractivity contribution in [2.24, 2.45) is 0 Å². The van der Waals surface area contributed by atoms with E-state index in [0.29, 0.717) is 33.2 Å². The summed E-state index contributed by atoms with van der Waals surface area (Å²) in [4.78, 5) is 23.4. The Kier molecular flexibility index (Phi) is 5.56. The molecule has 1 N–H and O–H groups in total. The number of carbonyl (C=O) groups is 2. The van der Waals surface area contributed by atoms with E-state index < -0.39 is 0 Å². The van der Waals surface area contributed by atoms with Crippen molar-refractivity contribution < 1.29 is 18.7 Å². The van der Waals surface area contributed by atoms with E-state index in [0.717, 1.165) is 0 Å². The molecule has 0 saturated carbocycles. The molecule has 7 nitrogen and oxygen atoms in total. The van der Waals surface area contributed by atoms with Gasteiger partial charge in [0.05, 0.1) is 17.9 Å². The zero-order valence-corrected chi connectivity index (χ0v) is 14.0. The van der Waals surface area contributed by atoms with Crippen LogP contribution in [0.5, 0.6) is 0 Å². The van der Waals surface area contributed by atoms with Crippen LogP contribution in [0.4, 0.5) is 5.13 Å². The number of esters is 1. The first-order valence-electron chi connectivity index (χ1n) is 6.50. The minimum absolute atomic E-state index is 0.163. The molecule has 2 rings (SSSR count). The third kappa shape index (κ3) is 4.31. The molecule has 0 spiro atoms. The summed E-state index contributed by atoms with van der Waals surface area (Å²) in [5.74, 6) is 0.781. The molecule has 0 atom stereocenters. The maximum absolute atomic E-state index is 12.1. The molecule has 1 amide bonds. The van der Waals surface area contributed by atoms with Gasteiger partial charge in [0.15, 0.2) is 4.34 Å². The van der Waals surface area contributed by atoms with Gasteiger partial charge >= 0.3 is 5.97 Å². The number of rotatable bonds is 6. The Balaban J connectivity index is 1.93. The van der Waals surface area contributed by atoms with Gasteiger partial charge in [-0.25, -0.2) is 0 Å². The maximum Gasteiger partial charge on any atom is 0.316 e. The Hall–Kier alpha value is -1.87. The van der Waals surface area contributed by atoms with Gasteiger partial charge in [-0.15, -0.1) is 10.2 Å². The third-order valence-corrected chi connectivity index (χ3v) is 4.48. The number of thioether (sulfide) groups is 1. The van der Waals surface area contributed by atoms with Crippen LogP contribution in [0.3, 0.4) is 0 Å². The van der Waals surface area contributed by atoms with E-state index in [1.807, 2.05) is 0 Å². The molecule has 2 heterocycles. The molecule has 2 aromatic rings. The number of hydrogen-bond donors (Lipinski definition) is 1. The third-order valence-electron chi connectivity index (χ3n) is 2.53. The number of aromatic nitrogens is 2. The van der Waals surface area contributed by atoms with E-state index in [-0.39, 0.29) is 17.6 Å². The summed E-state index contributed by atoms with van der Waals surface area (Å²) in [6, 6.07) is 1.67. The Labute approximate surface area is 135 Å². The fourth-order valence-corrected chi connectivity index (χ4v) is 3.21. The molecular formula is C13H15N3O4S2. The highest BCUT2D eigenvalue weighted by Gasteiger charge is 2.16. The number of anilines is 1. The van der Waals surface area contributed by atoms with Crippen LogP contribution in [0.15, 0.2) is 14.8 Å². The molecule has 0 aromatic carbocycles. The van der Waals surface area contributed by atoms with Crippen LogP contribution in [0, 0.1) is 13.8 Å². The van der Waals surface area contributed by atoms with Crippen LogP contribution in [0.1, 0.15) is 28.8 Å². The Morgan fingerprint density at radius 1 is 1.41 bits per heavy atom. The molecule has 0 aliphatic heterocycles. The fourth-order valence-electron chi connectivity index (χ4n) is 1.66. The summed E-state index contributed by atoms with van der Waals surface area (Å²) in [5, 5.41) is 10.8. The normalized spacial score (nSPS) is 10.5. The maximum atomic E-state index is 12.1. The lowest BCUT2D eigenvalue weighted by molar-refractivity contribution is -0.139. The van der Waals surface area contributed by atoms with Gasteiger partial charge in [-0.2, -0.15) is 0 Å². The average molecular weight is 341 g/mol. The Morgan fingerprint density at radius 2 is 2.18 bits per heavy atom. The zero-order valence-electron chi connectivity index (χ0n) is 12.3. The van der Waals surface area contributed by atoms with Gasteiger partial charge < -0.3 is 9.15 Å². The Bertz CT molecular complexity index is 681. The van der Waals surface area contributed by atoms with Gasteiger partial charge in [0.2, 0.25) is 5.13 Å². The van der Waals surface area contributed by atoms with Crippen molar-refractivity contribution >= 4 is 40.1 Å². The Morgan fingerprint density at radius 3 is 2.82 bits per heavy atom. The number of nitrogens with zero attached hydrogens (tertiary/aromatic N) is 2. The molecule has 0 unspecified atom stereocenters. The lowest BCUT2D eigenvalue weighted by atomic mass is 10.2. The molecule has 0 saturated heterocycles. The summed E-state index contributed by atoms with van der Waals surface area (Å²) >= 11 is 2.42. The number of nitrogens with one attached hydrogen (secondary N) is 1. The standard InChI is InChI=1S/C13H15N3O4S2/c1-4-19-10(17)6-21-13-16-15-12(22-13)14-11(18)9-5-7(2)20-8(9)3/h5H,4,6H2,1-3H3,(H,14,15,18). The van der Waals surface area contributed by atoms with Crippen molar-refractivity contribution in [2.75, 3.05) is 17.7 Å². The molecule has 0 aliphatic carbocycles. The second-order valence-electron chi connectivity index (χ2n) is 4.25. The van der Waals surface area contributed by atoms with Crippen molar-refractivity contribution in [3.63, 3.8) is 0 Å². The quantitative estimate of drug-likeness (QED) is 0.490. The predicted octanol–water partition coefficient (Wildman–Crippen LogP) is 2.66. The second kappa shape index (κ2) is 7.41. The number of hydrogen-bond acceptors (Lipinski definition) is 8. The topological polar surface area (TPSA) is 94.3 Å². The number of ether oxygens (including phenoxy) is 1. The van der Waals surface area contributed by atoms with Crippen molar-refractivity contribution in [1.82, 2.24) is 10.2 Å². The molecule has 22 heavy (non-hydrogen) atoms. The van der Waals surface area contributed by atoms with Crippen LogP contribution >= 0.6 is 23.1 Å². The summed E-state index contributed by atoms with van der Waals surface area (Å²) in [7, 11) is 0. The number of amides is 1. The van der Waals surface area contributed by atoms with Crippen molar-refractivity contribution in [3.8, 4) is 0 Å². The number of carbonyl (C=O) groups excluding carboxylic acids is 2. The van der Waals surface area contributed by atoms with E-state index in [2.05, 4.69) is 15.5 Å². The lowest BCUT2D eigenvalue weighted by Crippen LogP contribution is -2.11. The highest BCUT2D eigenvalue weighted by Crippen LogP contribution is 2.26. The molecule has 0 aliphatic rings. The molecule has 0 fully saturated rings. The number of furan rings is 1. The highest BCUT2D eigenvalue weighted by molar-refractivity contribution is 8.01.